The van der Waals surface area contributed by atoms with Gasteiger partial charge in [-0.3, -0.25) is 0 Å². The van der Waals surface area contributed by atoms with Crippen molar-refractivity contribution in [3.63, 3.8) is 0 Å². The molecule has 6 aromatic rings. The Labute approximate surface area is 391 Å². The fourth-order valence-corrected chi connectivity index (χ4v) is 12.1. The highest BCUT2D eigenvalue weighted by Gasteiger charge is 2.37. The number of aromatic nitrogens is 1. The van der Waals surface area contributed by atoms with Crippen molar-refractivity contribution in [3.8, 4) is 11.1 Å². The molecule has 324 valence electrons. The first-order chi connectivity index (χ1) is 31.7. The van der Waals surface area contributed by atoms with Crippen LogP contribution in [-0.2, 0) is 11.8 Å². The maximum Gasteiger partial charge on any atom is 0.0566 e. The number of nitrogens with zero attached hydrogens (tertiary/aromatic N) is 2. The molecule has 3 heteroatoms. The molecule has 1 aliphatic carbocycles. The van der Waals surface area contributed by atoms with Crippen molar-refractivity contribution in [1.82, 2.24) is 4.57 Å². The smallest absolute Gasteiger partial charge is 0.0566 e. The number of para-hydroxylation sites is 1. The summed E-state index contributed by atoms with van der Waals surface area (Å²) in [5.74, 6) is 0.385. The number of thioether (sulfide) groups is 1. The third-order valence-electron chi connectivity index (χ3n) is 13.8. The van der Waals surface area contributed by atoms with Crippen LogP contribution in [0.3, 0.4) is 0 Å². The van der Waals surface area contributed by atoms with E-state index in [1.807, 2.05) is 17.8 Å². The van der Waals surface area contributed by atoms with Gasteiger partial charge in [0, 0.05) is 49.0 Å². The maximum absolute atomic E-state index is 4.46. The van der Waals surface area contributed by atoms with Gasteiger partial charge in [0.15, 0.2) is 0 Å². The number of hydrogen-bond acceptors (Lipinski definition) is 2. The Kier molecular flexibility index (Phi) is 12.2. The first-order valence-corrected chi connectivity index (χ1v) is 24.1. The van der Waals surface area contributed by atoms with E-state index < -0.39 is 0 Å². The lowest BCUT2D eigenvalue weighted by molar-refractivity contribution is 0.652. The summed E-state index contributed by atoms with van der Waals surface area (Å²) >= 11 is 1.92. The monoisotopic (exact) mass is 864 g/mol. The fourth-order valence-electron chi connectivity index (χ4n) is 10.7. The molecule has 0 fully saturated rings. The number of fused-ring (bicyclic) bond motifs is 6. The summed E-state index contributed by atoms with van der Waals surface area (Å²) in [5, 5.41) is 2.48. The third kappa shape index (κ3) is 7.60. The van der Waals surface area contributed by atoms with Gasteiger partial charge in [-0.25, -0.2) is 0 Å². The quantitative estimate of drug-likeness (QED) is 0.107. The van der Waals surface area contributed by atoms with Gasteiger partial charge in [-0.05, 0) is 156 Å². The summed E-state index contributed by atoms with van der Waals surface area (Å²) in [6, 6.07) is 38.8. The van der Waals surface area contributed by atoms with Gasteiger partial charge in [-0.2, -0.15) is 0 Å². The normalized spacial score (nSPS) is 19.0. The van der Waals surface area contributed by atoms with Crippen molar-refractivity contribution >= 4 is 56.1 Å². The Morgan fingerprint density at radius 3 is 2.35 bits per heavy atom. The van der Waals surface area contributed by atoms with Crippen LogP contribution in [0.5, 0.6) is 0 Å². The number of benzene rings is 5. The second kappa shape index (κ2) is 18.1. The number of allylic oxidation sites excluding steroid dienone is 15. The summed E-state index contributed by atoms with van der Waals surface area (Å²) in [5.41, 5.74) is 18.6. The average Bonchev–Trinajstić information content (AvgIpc) is 4.03. The van der Waals surface area contributed by atoms with E-state index in [9.17, 15) is 0 Å². The van der Waals surface area contributed by atoms with Crippen molar-refractivity contribution in [3.05, 3.63) is 234 Å². The lowest BCUT2D eigenvalue weighted by Crippen LogP contribution is -2.29. The van der Waals surface area contributed by atoms with E-state index in [-0.39, 0.29) is 11.5 Å². The van der Waals surface area contributed by atoms with Gasteiger partial charge in [0.2, 0.25) is 0 Å². The van der Waals surface area contributed by atoms with Crippen LogP contribution in [-0.4, -0.2) is 10.6 Å². The molecule has 0 N–H and O–H groups in total. The summed E-state index contributed by atoms with van der Waals surface area (Å²) in [6.45, 7) is 26.4. The molecule has 0 saturated carbocycles. The molecule has 1 aromatic heterocycles. The van der Waals surface area contributed by atoms with E-state index in [0.29, 0.717) is 5.92 Å². The Morgan fingerprint density at radius 2 is 1.58 bits per heavy atom. The number of hydrogen-bond donors (Lipinski definition) is 0. The van der Waals surface area contributed by atoms with E-state index in [1.165, 1.54) is 93.0 Å². The van der Waals surface area contributed by atoms with E-state index in [1.54, 1.807) is 0 Å². The summed E-state index contributed by atoms with van der Waals surface area (Å²) < 4.78 is 2.34. The van der Waals surface area contributed by atoms with Crippen LogP contribution in [0.4, 0.5) is 5.69 Å². The zero-order chi connectivity index (χ0) is 45.4. The van der Waals surface area contributed by atoms with Crippen LogP contribution in [0.15, 0.2) is 211 Å². The standard InChI is InChI=1S/C62H60N2S/c1-10-16-17-18-25-48-37-45-36-44(49(14-5)61-50(15-6)53-27-20-22-29-60(53)65-61)32-34-57(45)63(48)46(13-4)40-55-41(7)51-33-30-43(39-56(51)62(55,8)9)42-31-35-59-54(38-42)52-26-19-21-28-58(52)64(59)47(23-11-2)24-12-3/h11-14,16-36,38-40,48,50H,2,4-5,10,15,37H2,1,3,6-9H3/b17-16-,24-12-,25-18?,46-40+,47-23+,61-49-. The van der Waals surface area contributed by atoms with Crippen molar-refractivity contribution < 1.29 is 0 Å². The molecule has 0 amide bonds. The lowest BCUT2D eigenvalue weighted by Gasteiger charge is -2.29. The van der Waals surface area contributed by atoms with Crippen LogP contribution < -0.4 is 4.90 Å². The molecule has 5 aromatic carbocycles. The van der Waals surface area contributed by atoms with Crippen molar-refractivity contribution in [2.24, 2.45) is 0 Å². The fraction of sp³-hybridized carbons (Fsp3) is 0.194. The minimum absolute atomic E-state index is 0.140. The van der Waals surface area contributed by atoms with Gasteiger partial charge >= 0.3 is 0 Å². The molecule has 0 radical (unpaired) electrons. The van der Waals surface area contributed by atoms with E-state index >= 15 is 0 Å². The Morgan fingerprint density at radius 1 is 0.815 bits per heavy atom. The van der Waals surface area contributed by atoms with Crippen molar-refractivity contribution in [2.45, 2.75) is 83.1 Å². The largest absolute Gasteiger partial charge is 0.334 e. The highest BCUT2D eigenvalue weighted by Crippen LogP contribution is 2.54. The molecule has 65 heavy (non-hydrogen) atoms. The van der Waals surface area contributed by atoms with Gasteiger partial charge in [0.05, 0.1) is 17.1 Å². The lowest BCUT2D eigenvalue weighted by atomic mass is 9.80. The molecule has 0 saturated heterocycles. The van der Waals surface area contributed by atoms with Crippen LogP contribution >= 0.6 is 11.8 Å². The van der Waals surface area contributed by atoms with Crippen molar-refractivity contribution in [1.29, 1.82) is 0 Å². The number of anilines is 1. The van der Waals surface area contributed by atoms with Gasteiger partial charge in [-0.15, -0.1) is 0 Å². The third-order valence-corrected chi connectivity index (χ3v) is 15.1. The van der Waals surface area contributed by atoms with E-state index in [2.05, 4.69) is 235 Å². The van der Waals surface area contributed by atoms with Crippen LogP contribution in [0.1, 0.15) is 88.1 Å². The molecule has 9 rings (SSSR count). The molecule has 0 bridgehead atoms. The summed E-state index contributed by atoms with van der Waals surface area (Å²) in [6.07, 6.45) is 26.7. The average molecular weight is 865 g/mol. The molecule has 2 unspecified atom stereocenters. The Bertz CT molecular complexity index is 3130. The van der Waals surface area contributed by atoms with Gasteiger partial charge in [0.1, 0.15) is 0 Å². The molecule has 2 atom stereocenters. The molecule has 2 nitrogen and oxygen atoms in total. The highest BCUT2D eigenvalue weighted by molar-refractivity contribution is 8.03. The second-order valence-electron chi connectivity index (χ2n) is 17.9. The first kappa shape index (κ1) is 43.7. The van der Waals surface area contributed by atoms with Gasteiger partial charge in [-0.1, -0.05) is 162 Å². The predicted octanol–water partition coefficient (Wildman–Crippen LogP) is 17.3. The van der Waals surface area contributed by atoms with E-state index in [0.717, 1.165) is 30.7 Å². The topological polar surface area (TPSA) is 8.17 Å². The predicted molar refractivity (Wildman–Crippen MR) is 285 cm³/mol. The minimum Gasteiger partial charge on any atom is -0.334 e. The SMILES string of the molecule is C=C/C=C(\C=C/C)n1c2ccccc2c2cc(-c3ccc4c(c3)C(C)(C)C(/C=C(\C=C)N3c5ccc(/C(C=C)=C6\Sc7ccccc7C6CC)cc5CC3C=C/C=C\CC)=C4C)ccc21. The summed E-state index contributed by atoms with van der Waals surface area (Å²) in [7, 11) is 0. The summed E-state index contributed by atoms with van der Waals surface area (Å²) in [4.78, 5) is 5.28. The van der Waals surface area contributed by atoms with Crippen LogP contribution in [0.2, 0.25) is 0 Å². The van der Waals surface area contributed by atoms with Gasteiger partial charge < -0.3 is 9.47 Å². The van der Waals surface area contributed by atoms with Crippen molar-refractivity contribution in [2.75, 3.05) is 4.90 Å². The number of rotatable bonds is 13. The Hall–Kier alpha value is -6.55. The zero-order valence-corrected chi connectivity index (χ0v) is 39.7. The molecular weight excluding hydrogens is 805 g/mol. The van der Waals surface area contributed by atoms with Crippen LogP contribution in [0, 0.1) is 0 Å². The molecule has 0 spiro atoms. The molecule has 3 aliphatic rings. The molecule has 2 aliphatic heterocycles. The van der Waals surface area contributed by atoms with Crippen LogP contribution in [0.25, 0.3) is 49.8 Å². The highest BCUT2D eigenvalue weighted by atomic mass is 32.2. The molecular formula is C62H60N2S. The maximum atomic E-state index is 4.46. The zero-order valence-electron chi connectivity index (χ0n) is 38.9. The van der Waals surface area contributed by atoms with E-state index in [4.69, 9.17) is 0 Å². The van der Waals surface area contributed by atoms with Gasteiger partial charge in [0.25, 0.3) is 0 Å². The first-order valence-electron chi connectivity index (χ1n) is 23.3. The second-order valence-corrected chi connectivity index (χ2v) is 19.0. The Balaban J connectivity index is 1.08. The molecule has 3 heterocycles. The minimum atomic E-state index is -0.236.